The fourth-order valence-electron chi connectivity index (χ4n) is 2.91. The van der Waals surface area contributed by atoms with Crippen molar-refractivity contribution in [3.63, 3.8) is 0 Å². The van der Waals surface area contributed by atoms with Crippen LogP contribution in [0.3, 0.4) is 0 Å². The van der Waals surface area contributed by atoms with E-state index in [1.165, 1.54) is 24.0 Å². The third-order valence-corrected chi connectivity index (χ3v) is 5.62. The summed E-state index contributed by atoms with van der Waals surface area (Å²) in [6.07, 6.45) is 5.56. The molecule has 2 aromatic rings. The Labute approximate surface area is 147 Å². The lowest BCUT2D eigenvalue weighted by molar-refractivity contribution is 0.279. The Kier molecular flexibility index (Phi) is 7.95. The summed E-state index contributed by atoms with van der Waals surface area (Å²) in [6.45, 7) is 0.288. The molecule has 118 valence electrons. The Morgan fingerprint density at radius 2 is 1.45 bits per heavy atom. The van der Waals surface area contributed by atoms with Crippen LogP contribution in [-0.4, -0.2) is 15.6 Å². The highest BCUT2D eigenvalue weighted by molar-refractivity contribution is 14.1. The Bertz CT molecular complexity index is 512. The van der Waals surface area contributed by atoms with Gasteiger partial charge in [-0.15, -0.1) is 0 Å². The molecule has 2 aromatic carbocycles. The Balaban J connectivity index is 1.89. The maximum atomic E-state index is 9.17. The van der Waals surface area contributed by atoms with Crippen LogP contribution in [0, 0.1) is 0 Å². The molecule has 0 aromatic heterocycles. The number of alkyl halides is 1. The molecule has 22 heavy (non-hydrogen) atoms. The van der Waals surface area contributed by atoms with E-state index in [2.05, 4.69) is 83.3 Å². The van der Waals surface area contributed by atoms with Gasteiger partial charge in [0.1, 0.15) is 0 Å². The van der Waals surface area contributed by atoms with Gasteiger partial charge in [-0.1, -0.05) is 83.3 Å². The van der Waals surface area contributed by atoms with E-state index in [9.17, 15) is 0 Å². The number of hydrogen-bond donors (Lipinski definition) is 1. The molecule has 1 N–H and O–H groups in total. The second kappa shape index (κ2) is 10.0. The van der Waals surface area contributed by atoms with Crippen LogP contribution < -0.4 is 0 Å². The Hall–Kier alpha value is -0.870. The zero-order valence-corrected chi connectivity index (χ0v) is 15.2. The lowest BCUT2D eigenvalue weighted by Crippen LogP contribution is -2.13. The van der Waals surface area contributed by atoms with Crippen LogP contribution in [0.4, 0.5) is 0 Å². The molecule has 1 nitrogen and oxygen atoms in total. The molecule has 0 fully saturated rings. The van der Waals surface area contributed by atoms with Crippen molar-refractivity contribution in [2.45, 2.75) is 41.9 Å². The monoisotopic (exact) mass is 408 g/mol. The van der Waals surface area contributed by atoms with Gasteiger partial charge in [0.25, 0.3) is 0 Å². The van der Waals surface area contributed by atoms with Crippen molar-refractivity contribution in [3.05, 3.63) is 71.8 Å². The minimum atomic E-state index is 0.288. The summed E-state index contributed by atoms with van der Waals surface area (Å²) >= 11 is 2.61. The molecule has 0 aliphatic carbocycles. The molecule has 0 spiro atoms. The molecule has 2 unspecified atom stereocenters. The van der Waals surface area contributed by atoms with Crippen molar-refractivity contribution in [3.8, 4) is 0 Å². The molecule has 0 saturated heterocycles. The number of halogens is 1. The second-order valence-electron chi connectivity index (χ2n) is 5.78. The van der Waals surface area contributed by atoms with Crippen LogP contribution in [0.5, 0.6) is 0 Å². The van der Waals surface area contributed by atoms with E-state index in [1.807, 2.05) is 0 Å². The standard InChI is InChI=1S/C20H25IO/c21-20(15-7-11-17-9-3-1-4-10-17)19(14-8-16-22)18-12-5-2-6-13-18/h1-6,9-10,12-13,19-20,22H,7-8,11,14-16H2. The van der Waals surface area contributed by atoms with Crippen molar-refractivity contribution >= 4 is 22.6 Å². The molecule has 0 bridgehead atoms. The normalized spacial score (nSPS) is 13.7. The number of benzene rings is 2. The highest BCUT2D eigenvalue weighted by Crippen LogP contribution is 2.33. The van der Waals surface area contributed by atoms with Gasteiger partial charge in [-0.3, -0.25) is 0 Å². The largest absolute Gasteiger partial charge is 0.396 e. The number of hydrogen-bond acceptors (Lipinski definition) is 1. The predicted octanol–water partition coefficient (Wildman–Crippen LogP) is 5.37. The molecule has 0 aliphatic rings. The van der Waals surface area contributed by atoms with E-state index in [1.54, 1.807) is 0 Å². The second-order valence-corrected chi connectivity index (χ2v) is 7.38. The van der Waals surface area contributed by atoms with Crippen LogP contribution in [0.15, 0.2) is 60.7 Å². The molecule has 0 radical (unpaired) electrons. The zero-order valence-electron chi connectivity index (χ0n) is 13.0. The molecular weight excluding hydrogens is 383 g/mol. The van der Waals surface area contributed by atoms with Gasteiger partial charge >= 0.3 is 0 Å². The zero-order chi connectivity index (χ0) is 15.6. The Morgan fingerprint density at radius 1 is 0.818 bits per heavy atom. The van der Waals surface area contributed by atoms with E-state index in [-0.39, 0.29) is 6.61 Å². The first-order valence-corrected chi connectivity index (χ1v) is 9.39. The summed E-state index contributed by atoms with van der Waals surface area (Å²) in [5, 5.41) is 9.17. The van der Waals surface area contributed by atoms with Crippen LogP contribution in [0.25, 0.3) is 0 Å². The summed E-state index contributed by atoms with van der Waals surface area (Å²) in [6, 6.07) is 21.5. The van der Waals surface area contributed by atoms with Gasteiger partial charge in [0.2, 0.25) is 0 Å². The van der Waals surface area contributed by atoms with Crippen LogP contribution in [-0.2, 0) is 6.42 Å². The fourth-order valence-corrected chi connectivity index (χ4v) is 4.13. The average molecular weight is 408 g/mol. The number of rotatable bonds is 9. The maximum Gasteiger partial charge on any atom is 0.0431 e. The van der Waals surface area contributed by atoms with Crippen LogP contribution >= 0.6 is 22.6 Å². The van der Waals surface area contributed by atoms with Crippen molar-refractivity contribution in [1.29, 1.82) is 0 Å². The molecule has 0 heterocycles. The van der Waals surface area contributed by atoms with Gasteiger partial charge in [-0.2, -0.15) is 0 Å². The molecule has 2 heteroatoms. The minimum Gasteiger partial charge on any atom is -0.396 e. The van der Waals surface area contributed by atoms with Gasteiger partial charge in [0.15, 0.2) is 0 Å². The van der Waals surface area contributed by atoms with Gasteiger partial charge in [0, 0.05) is 10.5 Å². The van der Waals surface area contributed by atoms with Gasteiger partial charge in [-0.05, 0) is 49.1 Å². The smallest absolute Gasteiger partial charge is 0.0431 e. The molecule has 0 aliphatic heterocycles. The van der Waals surface area contributed by atoms with Crippen molar-refractivity contribution in [2.24, 2.45) is 0 Å². The minimum absolute atomic E-state index is 0.288. The summed E-state index contributed by atoms with van der Waals surface area (Å²) in [5.41, 5.74) is 2.84. The summed E-state index contributed by atoms with van der Waals surface area (Å²) < 4.78 is 0.621. The predicted molar refractivity (Wildman–Crippen MR) is 103 cm³/mol. The lowest BCUT2D eigenvalue weighted by atomic mass is 9.89. The highest BCUT2D eigenvalue weighted by Gasteiger charge is 2.19. The van der Waals surface area contributed by atoms with E-state index < -0.39 is 0 Å². The molecule has 0 saturated carbocycles. The van der Waals surface area contributed by atoms with Gasteiger partial charge in [0.05, 0.1) is 0 Å². The van der Waals surface area contributed by atoms with E-state index >= 15 is 0 Å². The van der Waals surface area contributed by atoms with E-state index in [0.29, 0.717) is 9.84 Å². The summed E-state index contributed by atoms with van der Waals surface area (Å²) in [5.74, 6) is 0.546. The lowest BCUT2D eigenvalue weighted by Gasteiger charge is -2.23. The third kappa shape index (κ3) is 5.73. The topological polar surface area (TPSA) is 20.2 Å². The molecule has 2 rings (SSSR count). The van der Waals surface area contributed by atoms with Crippen LogP contribution in [0.2, 0.25) is 0 Å². The first kappa shape index (κ1) is 17.5. The number of aryl methyl sites for hydroxylation is 1. The van der Waals surface area contributed by atoms with E-state index in [0.717, 1.165) is 19.3 Å². The molecular formula is C20H25IO. The molecule has 0 amide bonds. The highest BCUT2D eigenvalue weighted by atomic mass is 127. The Morgan fingerprint density at radius 3 is 2.09 bits per heavy atom. The third-order valence-electron chi connectivity index (χ3n) is 4.13. The van der Waals surface area contributed by atoms with Crippen molar-refractivity contribution in [1.82, 2.24) is 0 Å². The van der Waals surface area contributed by atoms with Crippen molar-refractivity contribution < 1.29 is 5.11 Å². The quantitative estimate of drug-likeness (QED) is 0.437. The summed E-state index contributed by atoms with van der Waals surface area (Å²) in [7, 11) is 0. The van der Waals surface area contributed by atoms with Gasteiger partial charge in [-0.25, -0.2) is 0 Å². The first-order chi connectivity index (χ1) is 10.8. The number of aliphatic hydroxyl groups excluding tert-OH is 1. The van der Waals surface area contributed by atoms with Crippen LogP contribution in [0.1, 0.15) is 42.7 Å². The maximum absolute atomic E-state index is 9.17. The van der Waals surface area contributed by atoms with Gasteiger partial charge < -0.3 is 5.11 Å². The summed E-state index contributed by atoms with van der Waals surface area (Å²) in [4.78, 5) is 0. The fraction of sp³-hybridized carbons (Fsp3) is 0.400. The van der Waals surface area contributed by atoms with E-state index in [4.69, 9.17) is 5.11 Å². The number of aliphatic hydroxyl groups is 1. The first-order valence-electron chi connectivity index (χ1n) is 8.15. The van der Waals surface area contributed by atoms with Crippen molar-refractivity contribution in [2.75, 3.05) is 6.61 Å². The average Bonchev–Trinajstić information content (AvgIpc) is 2.57. The molecule has 2 atom stereocenters. The SMILES string of the molecule is OCCCC(c1ccccc1)C(I)CCCc1ccccc1.